The Morgan fingerprint density at radius 3 is 2.89 bits per heavy atom. The first-order valence-corrected chi connectivity index (χ1v) is 5.94. The Balaban J connectivity index is 2.32. The molecule has 1 aromatic carbocycles. The van der Waals surface area contributed by atoms with Gasteiger partial charge in [-0.25, -0.2) is 0 Å². The summed E-state index contributed by atoms with van der Waals surface area (Å²) in [6, 6.07) is 7.25. The number of likely N-dealkylation sites (N-methyl/N-ethyl adjacent to an activating group) is 1. The molecule has 0 atom stereocenters. The average molecular weight is 247 g/mol. The van der Waals surface area contributed by atoms with Gasteiger partial charge in [-0.2, -0.15) is 0 Å². The van der Waals surface area contributed by atoms with Crippen molar-refractivity contribution in [2.45, 2.75) is 6.92 Å². The van der Waals surface area contributed by atoms with Crippen molar-refractivity contribution < 1.29 is 9.90 Å². The van der Waals surface area contributed by atoms with Crippen LogP contribution < -0.4 is 5.73 Å². The molecule has 0 aliphatic rings. The Bertz CT molecular complexity index is 562. The number of aromatic amines is 1. The van der Waals surface area contributed by atoms with Gasteiger partial charge in [0.05, 0.1) is 6.61 Å². The van der Waals surface area contributed by atoms with E-state index < -0.39 is 0 Å². The smallest absolute Gasteiger partial charge is 0.270 e. The van der Waals surface area contributed by atoms with E-state index in [1.165, 1.54) is 0 Å². The molecule has 0 radical (unpaired) electrons. The number of H-pyrrole nitrogens is 1. The van der Waals surface area contributed by atoms with Crippen molar-refractivity contribution in [1.82, 2.24) is 9.88 Å². The number of aliphatic hydroxyl groups excluding tert-OH is 1. The minimum Gasteiger partial charge on any atom is -0.399 e. The van der Waals surface area contributed by atoms with E-state index in [2.05, 4.69) is 4.98 Å². The number of hydrogen-bond acceptors (Lipinski definition) is 3. The van der Waals surface area contributed by atoms with Crippen LogP contribution in [0.25, 0.3) is 10.9 Å². The Morgan fingerprint density at radius 2 is 2.22 bits per heavy atom. The highest BCUT2D eigenvalue weighted by molar-refractivity contribution is 5.98. The maximum absolute atomic E-state index is 12.2. The molecule has 5 heteroatoms. The molecule has 2 rings (SSSR count). The fourth-order valence-corrected chi connectivity index (χ4v) is 1.96. The number of anilines is 1. The predicted molar refractivity (Wildman–Crippen MR) is 71.4 cm³/mol. The molecule has 0 saturated heterocycles. The third kappa shape index (κ3) is 2.31. The first-order valence-electron chi connectivity index (χ1n) is 5.94. The van der Waals surface area contributed by atoms with E-state index in [1.807, 2.05) is 19.1 Å². The maximum atomic E-state index is 12.2. The minimum atomic E-state index is -0.110. The van der Waals surface area contributed by atoms with Crippen LogP contribution in [0.1, 0.15) is 17.4 Å². The van der Waals surface area contributed by atoms with Crippen LogP contribution in [0.2, 0.25) is 0 Å². The number of aromatic nitrogens is 1. The summed E-state index contributed by atoms with van der Waals surface area (Å²) in [7, 11) is 0. The minimum absolute atomic E-state index is 0.0350. The molecule has 0 aliphatic carbocycles. The fraction of sp³-hybridized carbons (Fsp3) is 0.308. The number of nitrogens with two attached hydrogens (primary N) is 1. The van der Waals surface area contributed by atoms with Gasteiger partial charge in [-0.05, 0) is 31.2 Å². The van der Waals surface area contributed by atoms with Crippen LogP contribution in [0.5, 0.6) is 0 Å². The number of nitrogens with zero attached hydrogens (tertiary/aromatic N) is 1. The number of rotatable bonds is 4. The van der Waals surface area contributed by atoms with E-state index in [1.54, 1.807) is 17.0 Å². The van der Waals surface area contributed by atoms with Crippen LogP contribution >= 0.6 is 0 Å². The maximum Gasteiger partial charge on any atom is 0.270 e. The van der Waals surface area contributed by atoms with Crippen LogP contribution in [0.3, 0.4) is 0 Å². The molecular weight excluding hydrogens is 230 g/mol. The molecule has 0 unspecified atom stereocenters. The van der Waals surface area contributed by atoms with Crippen LogP contribution in [0.4, 0.5) is 5.69 Å². The van der Waals surface area contributed by atoms with Gasteiger partial charge in [0.1, 0.15) is 5.69 Å². The zero-order valence-corrected chi connectivity index (χ0v) is 10.3. The number of amides is 1. The van der Waals surface area contributed by atoms with Crippen molar-refractivity contribution in [1.29, 1.82) is 0 Å². The molecule has 0 fully saturated rings. The third-order valence-electron chi connectivity index (χ3n) is 2.91. The molecule has 4 N–H and O–H groups in total. The summed E-state index contributed by atoms with van der Waals surface area (Å²) in [6.45, 7) is 2.75. The zero-order valence-electron chi connectivity index (χ0n) is 10.3. The number of nitrogen functional groups attached to an aromatic ring is 1. The second-order valence-electron chi connectivity index (χ2n) is 4.14. The van der Waals surface area contributed by atoms with Crippen LogP contribution in [-0.2, 0) is 0 Å². The Morgan fingerprint density at radius 1 is 1.44 bits per heavy atom. The molecule has 0 aliphatic heterocycles. The standard InChI is InChI=1S/C13H17N3O2/c1-2-16(5-6-17)13(18)12-8-9-7-10(14)3-4-11(9)15-12/h3-4,7-8,15,17H,2,5-6,14H2,1H3. The third-order valence-corrected chi connectivity index (χ3v) is 2.91. The normalized spacial score (nSPS) is 10.8. The topological polar surface area (TPSA) is 82.3 Å². The van der Waals surface area contributed by atoms with E-state index in [4.69, 9.17) is 10.8 Å². The summed E-state index contributed by atoms with van der Waals surface area (Å²) >= 11 is 0. The lowest BCUT2D eigenvalue weighted by atomic mass is 10.2. The summed E-state index contributed by atoms with van der Waals surface area (Å²) in [5.74, 6) is -0.110. The monoisotopic (exact) mass is 247 g/mol. The second kappa shape index (κ2) is 5.10. The summed E-state index contributed by atoms with van der Waals surface area (Å²) in [6.07, 6.45) is 0. The molecule has 96 valence electrons. The van der Waals surface area contributed by atoms with Crippen molar-refractivity contribution in [3.63, 3.8) is 0 Å². The molecule has 1 aromatic heterocycles. The molecule has 2 aromatic rings. The number of aliphatic hydroxyl groups is 1. The van der Waals surface area contributed by atoms with Gasteiger partial charge in [0.25, 0.3) is 5.91 Å². The largest absolute Gasteiger partial charge is 0.399 e. The van der Waals surface area contributed by atoms with Gasteiger partial charge in [-0.15, -0.1) is 0 Å². The van der Waals surface area contributed by atoms with Gasteiger partial charge in [-0.1, -0.05) is 0 Å². The molecule has 0 spiro atoms. The number of benzene rings is 1. The van der Waals surface area contributed by atoms with Crippen molar-refractivity contribution in [3.8, 4) is 0 Å². The lowest BCUT2D eigenvalue weighted by Crippen LogP contribution is -2.33. The van der Waals surface area contributed by atoms with Crippen molar-refractivity contribution in [3.05, 3.63) is 30.0 Å². The van der Waals surface area contributed by atoms with Crippen molar-refractivity contribution >= 4 is 22.5 Å². The van der Waals surface area contributed by atoms with Gasteiger partial charge in [0.15, 0.2) is 0 Å². The molecule has 5 nitrogen and oxygen atoms in total. The number of hydrogen-bond donors (Lipinski definition) is 3. The Kier molecular flexibility index (Phi) is 3.53. The molecule has 18 heavy (non-hydrogen) atoms. The summed E-state index contributed by atoms with van der Waals surface area (Å²) in [5.41, 5.74) is 7.77. The Hall–Kier alpha value is -2.01. The predicted octanol–water partition coefficient (Wildman–Crippen LogP) is 1.20. The van der Waals surface area contributed by atoms with Crippen LogP contribution in [0, 0.1) is 0 Å². The fourth-order valence-electron chi connectivity index (χ4n) is 1.96. The van der Waals surface area contributed by atoms with E-state index in [-0.39, 0.29) is 12.5 Å². The number of carbonyl (C=O) groups excluding carboxylic acids is 1. The van der Waals surface area contributed by atoms with Crippen molar-refractivity contribution in [2.24, 2.45) is 0 Å². The van der Waals surface area contributed by atoms with Gasteiger partial charge in [-0.3, -0.25) is 4.79 Å². The summed E-state index contributed by atoms with van der Waals surface area (Å²) in [5, 5.41) is 9.83. The lowest BCUT2D eigenvalue weighted by molar-refractivity contribution is 0.0727. The van der Waals surface area contributed by atoms with E-state index in [0.717, 1.165) is 10.9 Å². The van der Waals surface area contributed by atoms with Gasteiger partial charge in [0.2, 0.25) is 0 Å². The number of carbonyl (C=O) groups is 1. The SMILES string of the molecule is CCN(CCO)C(=O)c1cc2cc(N)ccc2[nH]1. The highest BCUT2D eigenvalue weighted by Gasteiger charge is 2.15. The zero-order chi connectivity index (χ0) is 13.1. The molecule has 0 bridgehead atoms. The lowest BCUT2D eigenvalue weighted by Gasteiger charge is -2.18. The second-order valence-corrected chi connectivity index (χ2v) is 4.14. The molecule has 1 amide bonds. The van der Waals surface area contributed by atoms with E-state index in [0.29, 0.717) is 24.5 Å². The van der Waals surface area contributed by atoms with Crippen LogP contribution in [0.15, 0.2) is 24.3 Å². The number of fused-ring (bicyclic) bond motifs is 1. The molecule has 0 saturated carbocycles. The van der Waals surface area contributed by atoms with Crippen molar-refractivity contribution in [2.75, 3.05) is 25.4 Å². The summed E-state index contributed by atoms with van der Waals surface area (Å²) < 4.78 is 0. The quantitative estimate of drug-likeness (QED) is 0.710. The van der Waals surface area contributed by atoms with E-state index >= 15 is 0 Å². The summed E-state index contributed by atoms with van der Waals surface area (Å²) in [4.78, 5) is 16.8. The average Bonchev–Trinajstić information content (AvgIpc) is 2.77. The first-order chi connectivity index (χ1) is 8.65. The highest BCUT2D eigenvalue weighted by atomic mass is 16.3. The van der Waals surface area contributed by atoms with Gasteiger partial charge in [0, 0.05) is 29.7 Å². The number of nitrogens with one attached hydrogen (secondary N) is 1. The highest BCUT2D eigenvalue weighted by Crippen LogP contribution is 2.19. The Labute approximate surface area is 105 Å². The molecule has 1 heterocycles. The van der Waals surface area contributed by atoms with Crippen LogP contribution in [-0.4, -0.2) is 40.6 Å². The molecular formula is C13H17N3O2. The first kappa shape index (κ1) is 12.4. The van der Waals surface area contributed by atoms with Gasteiger partial charge < -0.3 is 20.7 Å². The van der Waals surface area contributed by atoms with E-state index in [9.17, 15) is 4.79 Å². The van der Waals surface area contributed by atoms with Gasteiger partial charge >= 0.3 is 0 Å².